The maximum absolute atomic E-state index is 12.1. The summed E-state index contributed by atoms with van der Waals surface area (Å²) in [5, 5.41) is 6.43. The molecule has 4 heteroatoms. The van der Waals surface area contributed by atoms with Gasteiger partial charge in [-0.1, -0.05) is 6.92 Å². The molecule has 4 unspecified atom stereocenters. The van der Waals surface area contributed by atoms with Crippen molar-refractivity contribution in [1.82, 2.24) is 10.6 Å². The lowest BCUT2D eigenvalue weighted by atomic mass is 9.93. The Hall–Kier alpha value is -0.610. The lowest BCUT2D eigenvalue weighted by Crippen LogP contribution is -2.51. The summed E-state index contributed by atoms with van der Waals surface area (Å²) < 4.78 is 5.36. The van der Waals surface area contributed by atoms with Gasteiger partial charge >= 0.3 is 0 Å². The fraction of sp³-hybridized carbons (Fsp3) is 0.923. The van der Waals surface area contributed by atoms with Crippen molar-refractivity contribution in [2.75, 3.05) is 19.8 Å². The molecular weight excluding hydrogens is 216 g/mol. The van der Waals surface area contributed by atoms with Gasteiger partial charge < -0.3 is 15.4 Å². The summed E-state index contributed by atoms with van der Waals surface area (Å²) in [5.74, 6) is 1.30. The highest BCUT2D eigenvalue weighted by molar-refractivity contribution is 5.82. The van der Waals surface area contributed by atoms with Crippen LogP contribution in [0.4, 0.5) is 0 Å². The van der Waals surface area contributed by atoms with Crippen molar-refractivity contribution in [3.8, 4) is 0 Å². The third kappa shape index (κ3) is 3.42. The first-order valence-electron chi connectivity index (χ1n) is 6.78. The lowest BCUT2D eigenvalue weighted by molar-refractivity contribution is -0.125. The second-order valence-corrected chi connectivity index (χ2v) is 5.56. The first kappa shape index (κ1) is 12.8. The van der Waals surface area contributed by atoms with Crippen LogP contribution in [0.3, 0.4) is 0 Å². The summed E-state index contributed by atoms with van der Waals surface area (Å²) in [6, 6.07) is 0.229. The van der Waals surface area contributed by atoms with E-state index in [1.54, 1.807) is 0 Å². The Bertz CT molecular complexity index is 264. The first-order valence-corrected chi connectivity index (χ1v) is 6.78. The van der Waals surface area contributed by atoms with E-state index in [2.05, 4.69) is 24.5 Å². The molecule has 4 atom stereocenters. The van der Waals surface area contributed by atoms with Crippen molar-refractivity contribution in [2.45, 2.75) is 45.2 Å². The van der Waals surface area contributed by atoms with Gasteiger partial charge in [0.1, 0.15) is 0 Å². The molecule has 17 heavy (non-hydrogen) atoms. The molecule has 2 saturated heterocycles. The van der Waals surface area contributed by atoms with Gasteiger partial charge in [-0.3, -0.25) is 4.79 Å². The molecule has 0 saturated carbocycles. The minimum atomic E-state index is 0.00326. The summed E-state index contributed by atoms with van der Waals surface area (Å²) in [5.41, 5.74) is 0. The Balaban J connectivity index is 1.79. The van der Waals surface area contributed by atoms with Crippen molar-refractivity contribution < 1.29 is 9.53 Å². The molecule has 2 N–H and O–H groups in total. The minimum Gasteiger partial charge on any atom is -0.381 e. The number of ether oxygens (including phenoxy) is 1. The highest BCUT2D eigenvalue weighted by Gasteiger charge is 2.28. The molecule has 0 aromatic rings. The van der Waals surface area contributed by atoms with Crippen molar-refractivity contribution >= 4 is 5.91 Å². The standard InChI is InChI=1S/C13H24N2O2/c1-9-3-5-14-12(7-9)13(16)15-10(2)11-4-6-17-8-11/h9-12,14H,3-8H2,1-2H3,(H,15,16). The largest absolute Gasteiger partial charge is 0.381 e. The number of hydrogen-bond donors (Lipinski definition) is 2. The molecule has 0 spiro atoms. The van der Waals surface area contributed by atoms with Crippen molar-refractivity contribution in [3.63, 3.8) is 0 Å². The van der Waals surface area contributed by atoms with E-state index < -0.39 is 0 Å². The number of carbonyl (C=O) groups is 1. The average molecular weight is 240 g/mol. The van der Waals surface area contributed by atoms with Crippen LogP contribution in [0, 0.1) is 11.8 Å². The quantitative estimate of drug-likeness (QED) is 0.771. The number of nitrogens with one attached hydrogen (secondary N) is 2. The minimum absolute atomic E-state index is 0.00326. The summed E-state index contributed by atoms with van der Waals surface area (Å²) in [6.07, 6.45) is 3.20. The second-order valence-electron chi connectivity index (χ2n) is 5.56. The number of piperidine rings is 1. The maximum Gasteiger partial charge on any atom is 0.237 e. The van der Waals surface area contributed by atoms with Crippen LogP contribution in [0.25, 0.3) is 0 Å². The summed E-state index contributed by atoms with van der Waals surface area (Å²) >= 11 is 0. The van der Waals surface area contributed by atoms with E-state index in [0.29, 0.717) is 11.8 Å². The third-order valence-electron chi connectivity index (χ3n) is 4.02. The Morgan fingerprint density at radius 3 is 2.94 bits per heavy atom. The number of amides is 1. The SMILES string of the molecule is CC1CCNC(C(=O)NC(C)C2CCOC2)C1. The normalized spacial score (nSPS) is 35.5. The molecule has 2 rings (SSSR count). The molecule has 2 aliphatic heterocycles. The molecule has 2 aliphatic rings. The fourth-order valence-corrected chi connectivity index (χ4v) is 2.70. The predicted octanol–water partition coefficient (Wildman–Crippen LogP) is 0.916. The summed E-state index contributed by atoms with van der Waals surface area (Å²) in [6.45, 7) is 6.89. The van der Waals surface area contributed by atoms with Crippen LogP contribution >= 0.6 is 0 Å². The van der Waals surface area contributed by atoms with Crippen LogP contribution in [-0.2, 0) is 9.53 Å². The van der Waals surface area contributed by atoms with Crippen LogP contribution in [0.1, 0.15) is 33.1 Å². The van der Waals surface area contributed by atoms with E-state index in [4.69, 9.17) is 4.74 Å². The highest BCUT2D eigenvalue weighted by Crippen LogP contribution is 2.18. The third-order valence-corrected chi connectivity index (χ3v) is 4.02. The molecule has 0 bridgehead atoms. The molecular formula is C13H24N2O2. The van der Waals surface area contributed by atoms with E-state index in [9.17, 15) is 4.79 Å². The van der Waals surface area contributed by atoms with E-state index in [1.807, 2.05) is 0 Å². The average Bonchev–Trinajstić information content (AvgIpc) is 2.82. The highest BCUT2D eigenvalue weighted by atomic mass is 16.5. The van der Waals surface area contributed by atoms with E-state index >= 15 is 0 Å². The van der Waals surface area contributed by atoms with Gasteiger partial charge in [-0.05, 0) is 38.6 Å². The predicted molar refractivity (Wildman–Crippen MR) is 66.7 cm³/mol. The smallest absolute Gasteiger partial charge is 0.237 e. The van der Waals surface area contributed by atoms with Gasteiger partial charge in [0.05, 0.1) is 12.6 Å². The summed E-state index contributed by atoms with van der Waals surface area (Å²) in [7, 11) is 0. The Labute approximate surface area is 103 Å². The van der Waals surface area contributed by atoms with Crippen molar-refractivity contribution in [3.05, 3.63) is 0 Å². The van der Waals surface area contributed by atoms with Gasteiger partial charge in [-0.25, -0.2) is 0 Å². The number of rotatable bonds is 3. The molecule has 1 amide bonds. The number of hydrogen-bond acceptors (Lipinski definition) is 3. The first-order chi connectivity index (χ1) is 8.16. The molecule has 0 aromatic heterocycles. The maximum atomic E-state index is 12.1. The Kier molecular flexibility index (Phi) is 4.40. The Morgan fingerprint density at radius 1 is 1.47 bits per heavy atom. The van der Waals surface area contributed by atoms with Crippen LogP contribution in [0.15, 0.2) is 0 Å². The molecule has 0 aliphatic carbocycles. The molecule has 0 aromatic carbocycles. The van der Waals surface area contributed by atoms with Gasteiger partial charge in [0.25, 0.3) is 0 Å². The zero-order valence-electron chi connectivity index (χ0n) is 10.9. The molecule has 2 fully saturated rings. The lowest BCUT2D eigenvalue weighted by Gasteiger charge is -2.29. The van der Waals surface area contributed by atoms with E-state index in [1.165, 1.54) is 6.42 Å². The van der Waals surface area contributed by atoms with E-state index in [-0.39, 0.29) is 18.0 Å². The van der Waals surface area contributed by atoms with Gasteiger partial charge in [0.2, 0.25) is 5.91 Å². The van der Waals surface area contributed by atoms with Crippen molar-refractivity contribution in [1.29, 1.82) is 0 Å². The monoisotopic (exact) mass is 240 g/mol. The van der Waals surface area contributed by atoms with Crippen LogP contribution < -0.4 is 10.6 Å². The molecule has 4 nitrogen and oxygen atoms in total. The Morgan fingerprint density at radius 2 is 2.29 bits per heavy atom. The van der Waals surface area contributed by atoms with Crippen LogP contribution in [-0.4, -0.2) is 37.7 Å². The fourth-order valence-electron chi connectivity index (χ4n) is 2.70. The second kappa shape index (κ2) is 5.83. The van der Waals surface area contributed by atoms with Gasteiger partial charge in [0, 0.05) is 18.6 Å². The zero-order valence-corrected chi connectivity index (χ0v) is 10.9. The van der Waals surface area contributed by atoms with Gasteiger partial charge in [0.15, 0.2) is 0 Å². The number of carbonyl (C=O) groups excluding carboxylic acids is 1. The van der Waals surface area contributed by atoms with Crippen molar-refractivity contribution in [2.24, 2.45) is 11.8 Å². The van der Waals surface area contributed by atoms with Gasteiger partial charge in [-0.2, -0.15) is 0 Å². The molecule has 98 valence electrons. The molecule has 0 radical (unpaired) electrons. The summed E-state index contributed by atoms with van der Waals surface area (Å²) in [4.78, 5) is 12.1. The van der Waals surface area contributed by atoms with E-state index in [0.717, 1.165) is 32.6 Å². The molecule has 2 heterocycles. The topological polar surface area (TPSA) is 50.4 Å². The zero-order chi connectivity index (χ0) is 12.3. The van der Waals surface area contributed by atoms with Crippen LogP contribution in [0.2, 0.25) is 0 Å². The van der Waals surface area contributed by atoms with Crippen LogP contribution in [0.5, 0.6) is 0 Å². The van der Waals surface area contributed by atoms with Gasteiger partial charge in [-0.15, -0.1) is 0 Å².